The van der Waals surface area contributed by atoms with Gasteiger partial charge in [-0.05, 0) is 42.0 Å². The molecular weight excluding hydrogens is 274 g/mol. The Morgan fingerprint density at radius 3 is 2.85 bits per heavy atom. The fraction of sp³-hybridized carbons (Fsp3) is 0.562. The van der Waals surface area contributed by atoms with E-state index in [1.807, 2.05) is 6.07 Å². The third-order valence-electron chi connectivity index (χ3n) is 4.53. The zero-order chi connectivity index (χ0) is 14.1. The SMILES string of the molecule is O=C1Cc2cc(C(O)CCC3CCCC3)c(Cl)cc2N1. The predicted octanol–water partition coefficient (Wildman–Crippen LogP) is 3.84. The molecule has 1 atom stereocenters. The van der Waals surface area contributed by atoms with E-state index in [0.717, 1.165) is 35.6 Å². The molecule has 1 aliphatic heterocycles. The van der Waals surface area contributed by atoms with E-state index in [1.54, 1.807) is 6.07 Å². The largest absolute Gasteiger partial charge is 0.388 e. The van der Waals surface area contributed by atoms with Gasteiger partial charge in [-0.1, -0.05) is 37.3 Å². The normalized spacial score (nSPS) is 20.0. The van der Waals surface area contributed by atoms with Crippen LogP contribution in [0, 0.1) is 5.92 Å². The number of hydrogen-bond acceptors (Lipinski definition) is 2. The molecule has 0 radical (unpaired) electrons. The van der Waals surface area contributed by atoms with Crippen LogP contribution in [-0.4, -0.2) is 11.0 Å². The molecule has 20 heavy (non-hydrogen) atoms. The third kappa shape index (κ3) is 2.84. The summed E-state index contributed by atoms with van der Waals surface area (Å²) in [6, 6.07) is 3.64. The van der Waals surface area contributed by atoms with E-state index in [-0.39, 0.29) is 5.91 Å². The highest BCUT2D eigenvalue weighted by atomic mass is 35.5. The zero-order valence-electron chi connectivity index (χ0n) is 11.5. The molecule has 1 aromatic rings. The molecule has 1 saturated carbocycles. The number of fused-ring (bicyclic) bond motifs is 1. The van der Waals surface area contributed by atoms with Crippen molar-refractivity contribution < 1.29 is 9.90 Å². The van der Waals surface area contributed by atoms with Crippen LogP contribution in [0.4, 0.5) is 5.69 Å². The van der Waals surface area contributed by atoms with Crippen LogP contribution in [0.2, 0.25) is 5.02 Å². The van der Waals surface area contributed by atoms with Gasteiger partial charge in [0.2, 0.25) is 5.91 Å². The fourth-order valence-corrected chi connectivity index (χ4v) is 3.66. The van der Waals surface area contributed by atoms with Gasteiger partial charge in [0.15, 0.2) is 0 Å². The minimum atomic E-state index is -0.524. The van der Waals surface area contributed by atoms with Crippen LogP contribution >= 0.6 is 11.6 Å². The second-order valence-electron chi connectivity index (χ2n) is 6.00. The predicted molar refractivity (Wildman–Crippen MR) is 79.9 cm³/mol. The van der Waals surface area contributed by atoms with Crippen molar-refractivity contribution >= 4 is 23.2 Å². The van der Waals surface area contributed by atoms with Crippen LogP contribution in [0.1, 0.15) is 55.8 Å². The first-order valence-corrected chi connectivity index (χ1v) is 7.81. The van der Waals surface area contributed by atoms with Gasteiger partial charge in [0.25, 0.3) is 0 Å². The van der Waals surface area contributed by atoms with Crippen molar-refractivity contribution in [2.24, 2.45) is 5.92 Å². The first-order valence-electron chi connectivity index (χ1n) is 7.43. The summed E-state index contributed by atoms with van der Waals surface area (Å²) in [5.41, 5.74) is 2.49. The molecule has 1 aliphatic carbocycles. The molecule has 1 amide bonds. The molecular formula is C16H20ClNO2. The maximum Gasteiger partial charge on any atom is 0.228 e. The fourth-order valence-electron chi connectivity index (χ4n) is 3.37. The first kappa shape index (κ1) is 13.9. The highest BCUT2D eigenvalue weighted by molar-refractivity contribution is 6.32. The standard InChI is InChI=1S/C16H20ClNO2/c17-13-9-14-11(8-16(20)18-14)7-12(13)15(19)6-5-10-3-1-2-4-10/h7,9-10,15,19H,1-6,8H2,(H,18,20). The Kier molecular flexibility index (Phi) is 3.99. The van der Waals surface area contributed by atoms with Crippen LogP contribution < -0.4 is 5.32 Å². The van der Waals surface area contributed by atoms with E-state index in [2.05, 4.69) is 5.32 Å². The maximum atomic E-state index is 11.4. The Hall–Kier alpha value is -1.06. The number of nitrogens with one attached hydrogen (secondary N) is 1. The summed E-state index contributed by atoms with van der Waals surface area (Å²) in [6.45, 7) is 0. The molecule has 1 unspecified atom stereocenters. The number of rotatable bonds is 4. The molecule has 4 heteroatoms. The molecule has 0 aromatic heterocycles. The van der Waals surface area contributed by atoms with Crippen molar-refractivity contribution in [3.8, 4) is 0 Å². The number of amides is 1. The number of halogens is 1. The van der Waals surface area contributed by atoms with E-state index < -0.39 is 6.10 Å². The lowest BCUT2D eigenvalue weighted by Crippen LogP contribution is -2.03. The summed E-state index contributed by atoms with van der Waals surface area (Å²) >= 11 is 6.23. The van der Waals surface area contributed by atoms with E-state index >= 15 is 0 Å². The lowest BCUT2D eigenvalue weighted by Gasteiger charge is -2.16. The van der Waals surface area contributed by atoms with Gasteiger partial charge in [-0.3, -0.25) is 4.79 Å². The number of anilines is 1. The zero-order valence-corrected chi connectivity index (χ0v) is 12.2. The van der Waals surface area contributed by atoms with Gasteiger partial charge in [0, 0.05) is 10.7 Å². The summed E-state index contributed by atoms with van der Waals surface area (Å²) in [6.07, 6.45) is 6.92. The molecule has 0 saturated heterocycles. The van der Waals surface area contributed by atoms with Gasteiger partial charge < -0.3 is 10.4 Å². The highest BCUT2D eigenvalue weighted by Gasteiger charge is 2.23. The van der Waals surface area contributed by atoms with E-state index in [0.29, 0.717) is 11.4 Å². The van der Waals surface area contributed by atoms with E-state index in [1.165, 1.54) is 25.7 Å². The molecule has 108 valence electrons. The lowest BCUT2D eigenvalue weighted by molar-refractivity contribution is -0.115. The van der Waals surface area contributed by atoms with Crippen LogP contribution in [0.25, 0.3) is 0 Å². The molecule has 1 fully saturated rings. The summed E-state index contributed by atoms with van der Waals surface area (Å²) in [4.78, 5) is 11.4. The Balaban J connectivity index is 1.69. The van der Waals surface area contributed by atoms with Gasteiger partial charge in [-0.2, -0.15) is 0 Å². The average Bonchev–Trinajstić information content (AvgIpc) is 3.03. The summed E-state index contributed by atoms with van der Waals surface area (Å²) in [5, 5.41) is 13.7. The van der Waals surface area contributed by atoms with E-state index in [9.17, 15) is 9.90 Å². The van der Waals surface area contributed by atoms with Crippen LogP contribution in [0.5, 0.6) is 0 Å². The van der Waals surface area contributed by atoms with Crippen LogP contribution in [0.15, 0.2) is 12.1 Å². The molecule has 2 aliphatic rings. The molecule has 2 N–H and O–H groups in total. The quantitative estimate of drug-likeness (QED) is 0.886. The van der Waals surface area contributed by atoms with Crippen LogP contribution in [-0.2, 0) is 11.2 Å². The highest BCUT2D eigenvalue weighted by Crippen LogP contribution is 2.36. The Morgan fingerprint density at radius 2 is 2.10 bits per heavy atom. The Morgan fingerprint density at radius 1 is 1.35 bits per heavy atom. The molecule has 3 nitrogen and oxygen atoms in total. The lowest BCUT2D eigenvalue weighted by atomic mass is 9.95. The first-order chi connectivity index (χ1) is 9.63. The van der Waals surface area contributed by atoms with Crippen molar-refractivity contribution in [1.29, 1.82) is 0 Å². The third-order valence-corrected chi connectivity index (χ3v) is 4.86. The number of carbonyl (C=O) groups excluding carboxylic acids is 1. The topological polar surface area (TPSA) is 49.3 Å². The van der Waals surface area contributed by atoms with Crippen molar-refractivity contribution in [1.82, 2.24) is 0 Å². The number of hydrogen-bond donors (Lipinski definition) is 2. The van der Waals surface area contributed by atoms with Crippen molar-refractivity contribution in [3.63, 3.8) is 0 Å². The number of aliphatic hydroxyl groups is 1. The monoisotopic (exact) mass is 293 g/mol. The molecule has 3 rings (SSSR count). The van der Waals surface area contributed by atoms with Gasteiger partial charge in [0.05, 0.1) is 12.5 Å². The number of aliphatic hydroxyl groups excluding tert-OH is 1. The summed E-state index contributed by atoms with van der Waals surface area (Å²) < 4.78 is 0. The second-order valence-corrected chi connectivity index (χ2v) is 6.41. The van der Waals surface area contributed by atoms with Gasteiger partial charge in [-0.25, -0.2) is 0 Å². The maximum absolute atomic E-state index is 11.4. The van der Waals surface area contributed by atoms with Gasteiger partial charge in [0.1, 0.15) is 0 Å². The van der Waals surface area contributed by atoms with Gasteiger partial charge in [-0.15, -0.1) is 0 Å². The molecule has 0 bridgehead atoms. The Labute approximate surface area is 124 Å². The molecule has 0 spiro atoms. The van der Waals surface area contributed by atoms with Crippen molar-refractivity contribution in [2.75, 3.05) is 5.32 Å². The second kappa shape index (κ2) is 5.74. The average molecular weight is 294 g/mol. The molecule has 1 heterocycles. The Bertz CT molecular complexity index is 523. The minimum absolute atomic E-state index is 0.00587. The number of benzene rings is 1. The summed E-state index contributed by atoms with van der Waals surface area (Å²) in [7, 11) is 0. The van der Waals surface area contributed by atoms with Gasteiger partial charge >= 0.3 is 0 Å². The minimum Gasteiger partial charge on any atom is -0.388 e. The van der Waals surface area contributed by atoms with Crippen LogP contribution in [0.3, 0.4) is 0 Å². The molecule has 1 aromatic carbocycles. The smallest absolute Gasteiger partial charge is 0.228 e. The van der Waals surface area contributed by atoms with E-state index in [4.69, 9.17) is 11.6 Å². The van der Waals surface area contributed by atoms with Crippen molar-refractivity contribution in [3.05, 3.63) is 28.3 Å². The number of carbonyl (C=O) groups is 1. The van der Waals surface area contributed by atoms with Crippen molar-refractivity contribution in [2.45, 2.75) is 51.0 Å². The summed E-state index contributed by atoms with van der Waals surface area (Å²) in [5.74, 6) is 0.759.